The Hall–Kier alpha value is -1.88. The fraction of sp³-hybridized carbons (Fsp3) is 0.385. The number of hydrogen-bond acceptors (Lipinski definition) is 5. The van der Waals surface area contributed by atoms with Crippen LogP contribution in [0.15, 0.2) is 30.3 Å². The van der Waals surface area contributed by atoms with Crippen LogP contribution < -0.4 is 5.73 Å². The van der Waals surface area contributed by atoms with E-state index in [0.717, 1.165) is 5.56 Å². The summed E-state index contributed by atoms with van der Waals surface area (Å²) in [5, 5.41) is 0. The highest BCUT2D eigenvalue weighted by molar-refractivity contribution is 5.82. The Labute approximate surface area is 106 Å². The first-order valence-corrected chi connectivity index (χ1v) is 5.75. The molecule has 1 aromatic carbocycles. The standard InChI is InChI=1S/C13H17NO4/c1-2-17-12(15)8-11(14)13(16)18-9-10-6-4-3-5-7-10/h3-7,11H,2,8-9,14H2,1H3/t11-/m1/s1. The van der Waals surface area contributed by atoms with Crippen LogP contribution in [0.4, 0.5) is 0 Å². The molecule has 1 aromatic rings. The van der Waals surface area contributed by atoms with Crippen molar-refractivity contribution in [1.82, 2.24) is 0 Å². The van der Waals surface area contributed by atoms with Crippen molar-refractivity contribution in [3.8, 4) is 0 Å². The topological polar surface area (TPSA) is 78.6 Å². The van der Waals surface area contributed by atoms with E-state index in [1.165, 1.54) is 0 Å². The third kappa shape index (κ3) is 4.97. The van der Waals surface area contributed by atoms with E-state index in [9.17, 15) is 9.59 Å². The van der Waals surface area contributed by atoms with Crippen LogP contribution in [0.3, 0.4) is 0 Å². The maximum atomic E-state index is 11.5. The van der Waals surface area contributed by atoms with E-state index in [0.29, 0.717) is 0 Å². The molecule has 1 atom stereocenters. The van der Waals surface area contributed by atoms with Gasteiger partial charge in [0.1, 0.15) is 12.6 Å². The van der Waals surface area contributed by atoms with E-state index in [1.54, 1.807) is 6.92 Å². The van der Waals surface area contributed by atoms with Crippen molar-refractivity contribution in [1.29, 1.82) is 0 Å². The van der Waals surface area contributed by atoms with Gasteiger partial charge < -0.3 is 15.2 Å². The minimum atomic E-state index is -0.979. The Morgan fingerprint density at radius 3 is 2.50 bits per heavy atom. The number of rotatable bonds is 6. The van der Waals surface area contributed by atoms with Crippen LogP contribution in [0.1, 0.15) is 18.9 Å². The van der Waals surface area contributed by atoms with E-state index in [4.69, 9.17) is 15.2 Å². The molecule has 98 valence electrons. The summed E-state index contributed by atoms with van der Waals surface area (Å²) in [7, 11) is 0. The number of benzene rings is 1. The fourth-order valence-corrected chi connectivity index (χ4v) is 1.32. The number of carbonyl (C=O) groups excluding carboxylic acids is 2. The van der Waals surface area contributed by atoms with E-state index in [1.807, 2.05) is 30.3 Å². The zero-order chi connectivity index (χ0) is 13.4. The minimum absolute atomic E-state index is 0.149. The number of nitrogens with two attached hydrogens (primary N) is 1. The summed E-state index contributed by atoms with van der Waals surface area (Å²) in [6.07, 6.45) is -0.165. The van der Waals surface area contributed by atoms with Gasteiger partial charge in [-0.2, -0.15) is 0 Å². The number of hydrogen-bond donors (Lipinski definition) is 1. The van der Waals surface area contributed by atoms with Gasteiger partial charge >= 0.3 is 11.9 Å². The Morgan fingerprint density at radius 1 is 1.22 bits per heavy atom. The van der Waals surface area contributed by atoms with Gasteiger partial charge in [-0.1, -0.05) is 30.3 Å². The Bertz CT molecular complexity index is 391. The van der Waals surface area contributed by atoms with Crippen LogP contribution in [0.5, 0.6) is 0 Å². The molecule has 2 N–H and O–H groups in total. The van der Waals surface area contributed by atoms with Crippen molar-refractivity contribution < 1.29 is 19.1 Å². The number of ether oxygens (including phenoxy) is 2. The first kappa shape index (κ1) is 14.2. The van der Waals surface area contributed by atoms with Crippen LogP contribution in [0.2, 0.25) is 0 Å². The molecule has 0 aliphatic heterocycles. The van der Waals surface area contributed by atoms with Crippen LogP contribution in [-0.2, 0) is 25.7 Å². The second-order valence-electron chi connectivity index (χ2n) is 3.71. The monoisotopic (exact) mass is 251 g/mol. The third-order valence-electron chi connectivity index (χ3n) is 2.22. The zero-order valence-electron chi connectivity index (χ0n) is 10.3. The molecule has 18 heavy (non-hydrogen) atoms. The summed E-state index contributed by atoms with van der Waals surface area (Å²) in [5.41, 5.74) is 6.41. The molecule has 0 aliphatic rings. The van der Waals surface area contributed by atoms with Crippen molar-refractivity contribution in [3.63, 3.8) is 0 Å². The van der Waals surface area contributed by atoms with Crippen LogP contribution in [0, 0.1) is 0 Å². The second-order valence-corrected chi connectivity index (χ2v) is 3.71. The molecule has 0 saturated heterocycles. The van der Waals surface area contributed by atoms with Crippen molar-refractivity contribution in [2.75, 3.05) is 6.61 Å². The number of esters is 2. The summed E-state index contributed by atoms with van der Waals surface area (Å²) < 4.78 is 9.70. The smallest absolute Gasteiger partial charge is 0.323 e. The van der Waals surface area contributed by atoms with Gasteiger partial charge in [0.2, 0.25) is 0 Å². The van der Waals surface area contributed by atoms with Crippen LogP contribution in [-0.4, -0.2) is 24.6 Å². The van der Waals surface area contributed by atoms with Gasteiger partial charge in [0.15, 0.2) is 0 Å². The Balaban J connectivity index is 2.34. The first-order chi connectivity index (χ1) is 8.63. The van der Waals surface area contributed by atoms with Crippen LogP contribution in [0.25, 0.3) is 0 Å². The zero-order valence-corrected chi connectivity index (χ0v) is 10.3. The molecule has 0 amide bonds. The number of carbonyl (C=O) groups is 2. The van der Waals surface area contributed by atoms with E-state index < -0.39 is 18.0 Å². The molecular weight excluding hydrogens is 234 g/mol. The summed E-state index contributed by atoms with van der Waals surface area (Å²) >= 11 is 0. The van der Waals surface area contributed by atoms with E-state index in [2.05, 4.69) is 0 Å². The molecule has 0 heterocycles. The fourth-order valence-electron chi connectivity index (χ4n) is 1.32. The molecule has 0 radical (unpaired) electrons. The van der Waals surface area contributed by atoms with Gasteiger partial charge in [-0.3, -0.25) is 9.59 Å². The van der Waals surface area contributed by atoms with E-state index in [-0.39, 0.29) is 19.6 Å². The maximum Gasteiger partial charge on any atom is 0.323 e. The lowest BCUT2D eigenvalue weighted by Crippen LogP contribution is -2.35. The molecule has 1 rings (SSSR count). The van der Waals surface area contributed by atoms with Gasteiger partial charge in [0.05, 0.1) is 13.0 Å². The largest absolute Gasteiger partial charge is 0.466 e. The lowest BCUT2D eigenvalue weighted by Gasteiger charge is -2.10. The third-order valence-corrected chi connectivity index (χ3v) is 2.22. The summed E-state index contributed by atoms with van der Waals surface area (Å²) in [5.74, 6) is -1.10. The average molecular weight is 251 g/mol. The highest BCUT2D eigenvalue weighted by atomic mass is 16.5. The van der Waals surface area contributed by atoms with Gasteiger partial charge in [-0.05, 0) is 12.5 Å². The molecule has 0 unspecified atom stereocenters. The first-order valence-electron chi connectivity index (χ1n) is 5.75. The molecule has 0 aromatic heterocycles. The summed E-state index contributed by atoms with van der Waals surface area (Å²) in [6.45, 7) is 2.11. The van der Waals surface area contributed by atoms with Crippen molar-refractivity contribution in [2.24, 2.45) is 5.73 Å². The second kappa shape index (κ2) is 7.45. The van der Waals surface area contributed by atoms with Gasteiger partial charge in [-0.15, -0.1) is 0 Å². The SMILES string of the molecule is CCOC(=O)C[C@@H](N)C(=O)OCc1ccccc1. The highest BCUT2D eigenvalue weighted by Gasteiger charge is 2.19. The minimum Gasteiger partial charge on any atom is -0.466 e. The molecule has 0 spiro atoms. The van der Waals surface area contributed by atoms with Gasteiger partial charge in [0.25, 0.3) is 0 Å². The molecule has 5 nitrogen and oxygen atoms in total. The average Bonchev–Trinajstić information content (AvgIpc) is 2.37. The van der Waals surface area contributed by atoms with Gasteiger partial charge in [-0.25, -0.2) is 0 Å². The molecule has 5 heteroatoms. The maximum absolute atomic E-state index is 11.5. The summed E-state index contributed by atoms with van der Waals surface area (Å²) in [4.78, 5) is 22.6. The Kier molecular flexibility index (Phi) is 5.87. The molecule has 0 fully saturated rings. The highest BCUT2D eigenvalue weighted by Crippen LogP contribution is 2.03. The lowest BCUT2D eigenvalue weighted by atomic mass is 10.2. The van der Waals surface area contributed by atoms with Crippen LogP contribution >= 0.6 is 0 Å². The van der Waals surface area contributed by atoms with Crippen molar-refractivity contribution in [2.45, 2.75) is 26.0 Å². The quantitative estimate of drug-likeness (QED) is 0.763. The lowest BCUT2D eigenvalue weighted by molar-refractivity contribution is -0.152. The van der Waals surface area contributed by atoms with Crippen molar-refractivity contribution >= 4 is 11.9 Å². The molecule has 0 bridgehead atoms. The molecule has 0 saturated carbocycles. The van der Waals surface area contributed by atoms with E-state index >= 15 is 0 Å². The summed E-state index contributed by atoms with van der Waals surface area (Å²) in [6, 6.07) is 8.27. The predicted octanol–water partition coefficient (Wildman–Crippen LogP) is 1.01. The Morgan fingerprint density at radius 2 is 1.89 bits per heavy atom. The predicted molar refractivity (Wildman–Crippen MR) is 65.5 cm³/mol. The molecule has 0 aliphatic carbocycles. The van der Waals surface area contributed by atoms with Gasteiger partial charge in [0, 0.05) is 0 Å². The normalized spacial score (nSPS) is 11.7. The van der Waals surface area contributed by atoms with Crippen molar-refractivity contribution in [3.05, 3.63) is 35.9 Å². The molecular formula is C13H17NO4.